The van der Waals surface area contributed by atoms with Crippen molar-refractivity contribution in [1.29, 1.82) is 0 Å². The van der Waals surface area contributed by atoms with Crippen molar-refractivity contribution in [2.24, 2.45) is 35.0 Å². The minimum absolute atomic E-state index is 0.0538. The molecule has 4 amide bonds. The van der Waals surface area contributed by atoms with Crippen molar-refractivity contribution in [2.75, 3.05) is 13.6 Å². The molecule has 9 unspecified atom stereocenters. The molecular weight excluding hydrogens is 504 g/mol. The first-order chi connectivity index (χ1) is 18.8. The first-order valence-corrected chi connectivity index (χ1v) is 16.1. The van der Waals surface area contributed by atoms with E-state index in [4.69, 9.17) is 0 Å². The monoisotopic (exact) mass is 562 g/mol. The number of carbonyl (C=O) groups is 3. The van der Waals surface area contributed by atoms with Crippen molar-refractivity contribution < 1.29 is 19.5 Å². The Balaban J connectivity index is 0.000000472. The van der Waals surface area contributed by atoms with Crippen LogP contribution >= 0.6 is 0 Å². The smallest absolute Gasteiger partial charge is 0.321 e. The van der Waals surface area contributed by atoms with Gasteiger partial charge in [-0.05, 0) is 95.3 Å². The van der Waals surface area contributed by atoms with Crippen LogP contribution in [0.1, 0.15) is 112 Å². The van der Waals surface area contributed by atoms with Crippen LogP contribution in [-0.4, -0.2) is 65.7 Å². The topological polar surface area (TPSA) is 111 Å². The lowest BCUT2D eigenvalue weighted by molar-refractivity contribution is -0.149. The number of hydrogen-bond donors (Lipinski definition) is 4. The Morgan fingerprint density at radius 1 is 1.12 bits per heavy atom. The number of amides is 4. The standard InChI is InChI=1S/C24H42N4O4.C8H16/c1-13-6-7-17(22(30)27-24(32)26-15(3)8-16(4)29)10-19(13)20-11-18-12-25-14(2)9-21(18)28(5)23(20)31;1-3-8(2)6-4-5-7-8/h13-21,25,29H,6-12H2,1-5H3,(H2,26,27,30,32);3-7H2,1-2H3. The zero-order valence-electron chi connectivity index (χ0n) is 26.3. The fourth-order valence-electron chi connectivity index (χ4n) is 7.83. The van der Waals surface area contributed by atoms with E-state index in [2.05, 4.69) is 43.6 Å². The molecule has 0 aromatic rings. The Bertz CT molecular complexity index is 858. The summed E-state index contributed by atoms with van der Waals surface area (Å²) in [7, 11) is 1.95. The zero-order valence-corrected chi connectivity index (χ0v) is 26.3. The molecule has 0 aromatic carbocycles. The third-order valence-electron chi connectivity index (χ3n) is 10.7. The molecule has 2 saturated heterocycles. The third-order valence-corrected chi connectivity index (χ3v) is 10.7. The molecule has 2 aliphatic heterocycles. The SMILES string of the molecule is CC(O)CC(C)NC(=O)NC(=O)C1CCC(C)C(C2CC3CNC(C)CC3N(C)C2=O)C1.CCC1(C)CCCC1. The second-order valence-corrected chi connectivity index (χ2v) is 14.1. The average molecular weight is 563 g/mol. The van der Waals surface area contributed by atoms with Gasteiger partial charge in [0.15, 0.2) is 0 Å². The predicted octanol–water partition coefficient (Wildman–Crippen LogP) is 4.85. The van der Waals surface area contributed by atoms with Gasteiger partial charge >= 0.3 is 6.03 Å². The highest BCUT2D eigenvalue weighted by Crippen LogP contribution is 2.44. The average Bonchev–Trinajstić information content (AvgIpc) is 3.33. The van der Waals surface area contributed by atoms with Gasteiger partial charge in [0.1, 0.15) is 0 Å². The largest absolute Gasteiger partial charge is 0.393 e. The number of aliphatic hydroxyl groups is 1. The van der Waals surface area contributed by atoms with Crippen LogP contribution in [0.2, 0.25) is 0 Å². The second-order valence-electron chi connectivity index (χ2n) is 14.1. The quantitative estimate of drug-likeness (QED) is 0.370. The van der Waals surface area contributed by atoms with Gasteiger partial charge < -0.3 is 20.6 Å². The summed E-state index contributed by atoms with van der Waals surface area (Å²) in [6.07, 6.45) is 11.3. The van der Waals surface area contributed by atoms with Crippen LogP contribution in [0.15, 0.2) is 0 Å². The fourth-order valence-corrected chi connectivity index (χ4v) is 7.83. The number of rotatable bonds is 6. The van der Waals surface area contributed by atoms with Crippen molar-refractivity contribution in [1.82, 2.24) is 20.9 Å². The first kappa shape index (κ1) is 32.8. The lowest BCUT2D eigenvalue weighted by atomic mass is 9.64. The third kappa shape index (κ3) is 8.67. The highest BCUT2D eigenvalue weighted by molar-refractivity contribution is 5.95. The van der Waals surface area contributed by atoms with Gasteiger partial charge in [-0.2, -0.15) is 0 Å². The summed E-state index contributed by atoms with van der Waals surface area (Å²) in [6.45, 7) is 13.5. The van der Waals surface area contributed by atoms with Crippen LogP contribution in [-0.2, 0) is 9.59 Å². The summed E-state index contributed by atoms with van der Waals surface area (Å²) in [5, 5.41) is 18.2. The summed E-state index contributed by atoms with van der Waals surface area (Å²) in [5.74, 6) is 0.660. The number of nitrogens with zero attached hydrogens (tertiary/aromatic N) is 1. The molecule has 4 fully saturated rings. The van der Waals surface area contributed by atoms with E-state index < -0.39 is 12.1 Å². The molecule has 8 nitrogen and oxygen atoms in total. The van der Waals surface area contributed by atoms with E-state index in [1.807, 2.05) is 11.9 Å². The number of fused-ring (bicyclic) bond motifs is 1. The summed E-state index contributed by atoms with van der Waals surface area (Å²) >= 11 is 0. The summed E-state index contributed by atoms with van der Waals surface area (Å²) in [4.78, 5) is 40.3. The van der Waals surface area contributed by atoms with Crippen LogP contribution in [0.4, 0.5) is 4.79 Å². The maximum atomic E-state index is 13.3. The van der Waals surface area contributed by atoms with Gasteiger partial charge in [-0.25, -0.2) is 4.79 Å². The number of hydrogen-bond acceptors (Lipinski definition) is 5. The van der Waals surface area contributed by atoms with Crippen molar-refractivity contribution in [3.05, 3.63) is 0 Å². The van der Waals surface area contributed by atoms with Crippen molar-refractivity contribution in [3.8, 4) is 0 Å². The van der Waals surface area contributed by atoms with Gasteiger partial charge in [0.25, 0.3) is 0 Å². The Morgan fingerprint density at radius 3 is 2.40 bits per heavy atom. The number of piperidine rings is 2. The van der Waals surface area contributed by atoms with E-state index in [-0.39, 0.29) is 35.6 Å². The lowest BCUT2D eigenvalue weighted by Gasteiger charge is -2.50. The fraction of sp³-hybridized carbons (Fsp3) is 0.906. The van der Waals surface area contributed by atoms with E-state index in [0.717, 1.165) is 37.6 Å². The second kappa shape index (κ2) is 14.5. The van der Waals surface area contributed by atoms with Gasteiger partial charge in [-0.3, -0.25) is 14.9 Å². The molecule has 4 aliphatic rings. The molecule has 40 heavy (non-hydrogen) atoms. The van der Waals surface area contributed by atoms with Gasteiger partial charge in [0.05, 0.1) is 6.10 Å². The van der Waals surface area contributed by atoms with Crippen LogP contribution in [0, 0.1) is 35.0 Å². The maximum absolute atomic E-state index is 13.3. The Morgan fingerprint density at radius 2 is 1.80 bits per heavy atom. The molecule has 230 valence electrons. The molecule has 9 atom stereocenters. The molecule has 2 aliphatic carbocycles. The van der Waals surface area contributed by atoms with Crippen molar-refractivity contribution >= 4 is 17.8 Å². The van der Waals surface area contributed by atoms with E-state index in [1.54, 1.807) is 13.8 Å². The lowest BCUT2D eigenvalue weighted by Crippen LogP contribution is -2.60. The minimum atomic E-state index is -0.519. The predicted molar refractivity (Wildman–Crippen MR) is 160 cm³/mol. The first-order valence-electron chi connectivity index (χ1n) is 16.1. The summed E-state index contributed by atoms with van der Waals surface area (Å²) in [6, 6.07) is -0.00590. The van der Waals surface area contributed by atoms with E-state index in [9.17, 15) is 19.5 Å². The molecule has 0 spiro atoms. The van der Waals surface area contributed by atoms with Gasteiger partial charge in [0.2, 0.25) is 11.8 Å². The number of carbonyl (C=O) groups excluding carboxylic acids is 3. The molecule has 0 aromatic heterocycles. The van der Waals surface area contributed by atoms with Crippen LogP contribution in [0.3, 0.4) is 0 Å². The Labute approximate surface area is 243 Å². The van der Waals surface area contributed by atoms with Crippen molar-refractivity contribution in [3.63, 3.8) is 0 Å². The maximum Gasteiger partial charge on any atom is 0.321 e. The van der Waals surface area contributed by atoms with Crippen LogP contribution in [0.25, 0.3) is 0 Å². The van der Waals surface area contributed by atoms with Gasteiger partial charge in [-0.1, -0.05) is 40.0 Å². The number of likely N-dealkylation sites (tertiary alicyclic amines) is 1. The summed E-state index contributed by atoms with van der Waals surface area (Å²) < 4.78 is 0. The highest BCUT2D eigenvalue weighted by atomic mass is 16.3. The van der Waals surface area contributed by atoms with Gasteiger partial charge in [0, 0.05) is 43.6 Å². The Hall–Kier alpha value is -1.67. The normalized spacial score (nSPS) is 35.0. The minimum Gasteiger partial charge on any atom is -0.393 e. The molecule has 2 heterocycles. The zero-order chi connectivity index (χ0) is 29.6. The molecule has 0 bridgehead atoms. The molecule has 8 heteroatoms. The van der Waals surface area contributed by atoms with Gasteiger partial charge in [-0.15, -0.1) is 0 Å². The molecule has 4 N–H and O–H groups in total. The van der Waals surface area contributed by atoms with Crippen LogP contribution < -0.4 is 16.0 Å². The highest BCUT2D eigenvalue weighted by Gasteiger charge is 2.47. The van der Waals surface area contributed by atoms with Crippen LogP contribution in [0.5, 0.6) is 0 Å². The molecule has 2 saturated carbocycles. The molecule has 0 radical (unpaired) electrons. The number of aliphatic hydroxyl groups excluding tert-OH is 1. The van der Waals surface area contributed by atoms with E-state index >= 15 is 0 Å². The van der Waals surface area contributed by atoms with E-state index in [1.165, 1.54) is 32.1 Å². The molecular formula is C32H58N4O4. The molecule has 4 rings (SSSR count). The summed E-state index contributed by atoms with van der Waals surface area (Å²) in [5.41, 5.74) is 0.736. The Kier molecular flexibility index (Phi) is 11.9. The number of urea groups is 1. The van der Waals surface area contributed by atoms with Crippen molar-refractivity contribution in [2.45, 2.75) is 136 Å². The van der Waals surface area contributed by atoms with E-state index in [0.29, 0.717) is 36.8 Å². The number of imide groups is 1. The number of nitrogens with one attached hydrogen (secondary N) is 3.